The Balaban J connectivity index is 4.05. The van der Waals surface area contributed by atoms with Gasteiger partial charge in [-0.05, 0) is 0 Å². The van der Waals surface area contributed by atoms with Crippen LogP contribution in [0.25, 0.3) is 0 Å². The van der Waals surface area contributed by atoms with Gasteiger partial charge in [-0.25, -0.2) is 0 Å². The summed E-state index contributed by atoms with van der Waals surface area (Å²) in [5, 5.41) is -0.399. The van der Waals surface area contributed by atoms with E-state index >= 15 is 0 Å². The van der Waals surface area contributed by atoms with Crippen molar-refractivity contribution in [1.82, 2.24) is 4.72 Å². The van der Waals surface area contributed by atoms with Crippen LogP contribution in [0, 0.1) is 0 Å². The van der Waals surface area contributed by atoms with Crippen LogP contribution in [0.3, 0.4) is 0 Å². The van der Waals surface area contributed by atoms with Gasteiger partial charge in [0.25, 0.3) is 0 Å². The Kier molecular flexibility index (Phi) is 11.6. The first-order valence-corrected chi connectivity index (χ1v) is 14.8. The minimum absolute atomic E-state index is 0.0997. The predicted octanol–water partition coefficient (Wildman–Crippen LogP) is -2.13. The van der Waals surface area contributed by atoms with Crippen molar-refractivity contribution < 1.29 is 31.0 Å². The van der Waals surface area contributed by atoms with Gasteiger partial charge in [-0.2, -0.15) is 0 Å². The fraction of sp³-hybridized carbons (Fsp3) is 0.875. The van der Waals surface area contributed by atoms with Gasteiger partial charge in [0.05, 0.1) is 0 Å². The van der Waals surface area contributed by atoms with Gasteiger partial charge < -0.3 is 0 Å². The summed E-state index contributed by atoms with van der Waals surface area (Å²) in [6.45, 7) is 2.21. The van der Waals surface area contributed by atoms with Crippen molar-refractivity contribution in [2.45, 2.75) is 31.4 Å². The van der Waals surface area contributed by atoms with Crippen LogP contribution >= 0.6 is 47.0 Å². The van der Waals surface area contributed by atoms with Crippen molar-refractivity contribution in [3.05, 3.63) is 0 Å². The van der Waals surface area contributed by atoms with E-state index in [1.165, 1.54) is 6.92 Å². The number of hydrogen-bond donors (Lipinski definition) is 4. The van der Waals surface area contributed by atoms with E-state index in [1.54, 1.807) is 0 Å². The number of esters is 1. The molecular weight excluding hydrogens is 597 g/mol. The van der Waals surface area contributed by atoms with Crippen molar-refractivity contribution in [2.24, 2.45) is 15.4 Å². The van der Waals surface area contributed by atoms with E-state index in [2.05, 4.69) is 47.1 Å². The topological polar surface area (TPSA) is 116 Å². The molecule has 0 saturated heterocycles. The summed E-state index contributed by atoms with van der Waals surface area (Å²) in [7, 11) is 0. The maximum absolute atomic E-state index is 10.8. The Hall–Kier alpha value is 1.85. The summed E-state index contributed by atoms with van der Waals surface area (Å²) in [6, 6.07) is 0. The number of halogens is 3. The first-order valence-electron chi connectivity index (χ1n) is 5.23. The molecule has 0 aromatic carbocycles. The molecule has 0 bridgehead atoms. The average molecular weight is 617 g/mol. The van der Waals surface area contributed by atoms with Gasteiger partial charge in [0, 0.05) is 0 Å². The number of alkyl halides is 1. The van der Waals surface area contributed by atoms with Gasteiger partial charge in [-0.15, -0.1) is 0 Å². The Bertz CT molecular complexity index is 260. The molecule has 2 atom stereocenters. The van der Waals surface area contributed by atoms with Gasteiger partial charge in [0.1, 0.15) is 0 Å². The van der Waals surface area contributed by atoms with Crippen LogP contribution in [-0.2, 0) is 9.53 Å². The van der Waals surface area contributed by atoms with Crippen molar-refractivity contribution in [2.75, 3.05) is 11.0 Å². The van der Waals surface area contributed by atoms with Gasteiger partial charge in [0.2, 0.25) is 0 Å². The normalized spacial score (nSPS) is 16.3. The molecule has 0 aliphatic carbocycles. The molecule has 0 saturated carbocycles. The minimum atomic E-state index is -1.35. The van der Waals surface area contributed by atoms with Crippen molar-refractivity contribution in [3.8, 4) is 0 Å². The number of carbonyl (C=O) groups excluding carboxylic acids is 1. The SMILES string of the molecule is CC(=O)OC(N)C(N)S(I)(I)NCCCC[I-]N. The van der Waals surface area contributed by atoms with Crippen LogP contribution in [0.15, 0.2) is 0 Å². The van der Waals surface area contributed by atoms with Crippen LogP contribution in [0.1, 0.15) is 19.8 Å². The summed E-state index contributed by atoms with van der Waals surface area (Å²) in [5.74, 6) is -0.409. The molecule has 18 heavy (non-hydrogen) atoms. The van der Waals surface area contributed by atoms with Crippen LogP contribution in [0.5, 0.6) is 0 Å². The Morgan fingerprint density at radius 2 is 2.06 bits per heavy atom. The van der Waals surface area contributed by atoms with Crippen LogP contribution in [0.2, 0.25) is 0 Å². The molecule has 0 rings (SSSR count). The zero-order chi connectivity index (χ0) is 14.2. The first kappa shape index (κ1) is 19.9. The van der Waals surface area contributed by atoms with E-state index in [0.717, 1.165) is 23.8 Å². The number of rotatable bonds is 9. The Morgan fingerprint density at radius 3 is 2.56 bits per heavy atom. The fourth-order valence-electron chi connectivity index (χ4n) is 1.03. The Morgan fingerprint density at radius 1 is 1.44 bits per heavy atom. The molecule has 2 unspecified atom stereocenters. The van der Waals surface area contributed by atoms with E-state index in [4.69, 9.17) is 20.2 Å². The molecule has 0 aromatic heterocycles. The van der Waals surface area contributed by atoms with Crippen LogP contribution in [0.4, 0.5) is 0 Å². The summed E-state index contributed by atoms with van der Waals surface area (Å²) in [5.41, 5.74) is 11.8. The Labute approximate surface area is 144 Å². The summed E-state index contributed by atoms with van der Waals surface area (Å²) in [6.07, 6.45) is 1.45. The van der Waals surface area contributed by atoms with Crippen LogP contribution in [-0.4, -0.2) is 28.5 Å². The molecule has 0 radical (unpaired) electrons. The van der Waals surface area contributed by atoms with Gasteiger partial charge >= 0.3 is 146 Å². The van der Waals surface area contributed by atoms with Crippen LogP contribution < -0.4 is 41.6 Å². The van der Waals surface area contributed by atoms with E-state index in [1.807, 2.05) is 0 Å². The molecule has 7 N–H and O–H groups in total. The van der Waals surface area contributed by atoms with Crippen molar-refractivity contribution in [1.29, 1.82) is 0 Å². The molecule has 0 aliphatic rings. The second-order valence-corrected chi connectivity index (χ2v) is 20.7. The second kappa shape index (κ2) is 10.6. The predicted molar refractivity (Wildman–Crippen MR) is 89.6 cm³/mol. The molecule has 112 valence electrons. The molecule has 0 aliphatic heterocycles. The van der Waals surface area contributed by atoms with E-state index < -0.39 is 22.1 Å². The number of carbonyl (C=O) groups is 1. The standard InChI is InChI=1S/C8H20I3N4O2S/c1-6(16)17-7(12)8(13)18(9,10)15-5-3-2-4-11-14/h7-8,15H,2-5,12-14H2,1H3/q-1. The third kappa shape index (κ3) is 8.91. The third-order valence-electron chi connectivity index (χ3n) is 1.93. The number of nitrogens with two attached hydrogens (primary N) is 3. The first-order chi connectivity index (χ1) is 8.31. The third-order valence-corrected chi connectivity index (χ3v) is 10.2. The number of unbranched alkanes of at least 4 members (excludes halogenated alkanes) is 1. The molecule has 10 heteroatoms. The fourth-order valence-corrected chi connectivity index (χ4v) is 6.07. The monoisotopic (exact) mass is 617 g/mol. The number of hydrogen-bond acceptors (Lipinski definition) is 6. The van der Waals surface area contributed by atoms with Gasteiger partial charge in [-0.3, -0.25) is 0 Å². The molecule has 0 aromatic rings. The second-order valence-electron chi connectivity index (χ2n) is 3.49. The molecular formula is C8H20I3N4O2S-. The van der Waals surface area contributed by atoms with E-state index in [0.29, 0.717) is 0 Å². The summed E-state index contributed by atoms with van der Waals surface area (Å²) >= 11 is 4.44. The maximum atomic E-state index is 10.8. The van der Waals surface area contributed by atoms with E-state index in [9.17, 15) is 4.79 Å². The van der Waals surface area contributed by atoms with Gasteiger partial charge in [0.15, 0.2) is 0 Å². The quantitative estimate of drug-likeness (QED) is 0.0588. The van der Waals surface area contributed by atoms with Crippen molar-refractivity contribution >= 4 is 52.9 Å². The molecule has 0 spiro atoms. The van der Waals surface area contributed by atoms with E-state index in [-0.39, 0.29) is 21.5 Å². The number of ether oxygens (including phenoxy) is 1. The van der Waals surface area contributed by atoms with Crippen molar-refractivity contribution in [3.63, 3.8) is 0 Å². The zero-order valence-corrected chi connectivity index (χ0v) is 17.4. The molecule has 0 heterocycles. The van der Waals surface area contributed by atoms with Gasteiger partial charge in [-0.1, -0.05) is 0 Å². The molecule has 0 amide bonds. The zero-order valence-electron chi connectivity index (χ0n) is 10.1. The summed E-state index contributed by atoms with van der Waals surface area (Å²) < 4.78 is 13.7. The number of nitrogens with one attached hydrogen (secondary N) is 1. The average Bonchev–Trinajstić information content (AvgIpc) is 2.26. The molecule has 6 nitrogen and oxygen atoms in total. The molecule has 0 fully saturated rings. The summed E-state index contributed by atoms with van der Waals surface area (Å²) in [4.78, 5) is 10.8.